The molecular weight excluding hydrogens is 402 g/mol. The van der Waals surface area contributed by atoms with Crippen LogP contribution in [0.2, 0.25) is 5.02 Å². The van der Waals surface area contributed by atoms with Crippen molar-refractivity contribution >= 4 is 40.2 Å². The largest absolute Gasteiger partial charge is 0.480 e. The molecule has 0 saturated heterocycles. The predicted molar refractivity (Wildman–Crippen MR) is 108 cm³/mol. The van der Waals surface area contributed by atoms with Crippen LogP contribution in [0.5, 0.6) is 5.75 Å². The number of rotatable bonds is 7. The van der Waals surface area contributed by atoms with E-state index in [0.717, 1.165) is 11.3 Å². The maximum atomic E-state index is 12.2. The van der Waals surface area contributed by atoms with Crippen LogP contribution < -0.4 is 10.1 Å². The van der Waals surface area contributed by atoms with Crippen molar-refractivity contribution in [1.29, 1.82) is 0 Å². The van der Waals surface area contributed by atoms with Gasteiger partial charge in [-0.05, 0) is 30.7 Å². The molecule has 0 aliphatic rings. The highest BCUT2D eigenvalue weighted by Crippen LogP contribution is 2.30. The monoisotopic (exact) mass is 417 g/mol. The number of aryl methyl sites for hydroxylation is 1. The second kappa shape index (κ2) is 8.81. The summed E-state index contributed by atoms with van der Waals surface area (Å²) in [5.74, 6) is -0.0503. The number of para-hydroxylation sites is 1. The van der Waals surface area contributed by atoms with E-state index in [0.29, 0.717) is 10.7 Å². The number of nitrogens with one attached hydrogen (secondary N) is 1. The minimum absolute atomic E-state index is 0.0540. The summed E-state index contributed by atoms with van der Waals surface area (Å²) < 4.78 is 5.51. The molecule has 1 amide bonds. The summed E-state index contributed by atoms with van der Waals surface area (Å²) in [6, 6.07) is 11.7. The van der Waals surface area contributed by atoms with Gasteiger partial charge in [0, 0.05) is 22.2 Å². The SMILES string of the molecule is Cc1ccccc1NC(=O)Cc1nc(COc2ccc(Cl)cc2[N+](=O)[O-])cs1. The van der Waals surface area contributed by atoms with E-state index in [1.54, 1.807) is 5.38 Å². The maximum Gasteiger partial charge on any atom is 0.312 e. The maximum absolute atomic E-state index is 12.2. The Balaban J connectivity index is 1.60. The number of amides is 1. The van der Waals surface area contributed by atoms with E-state index in [9.17, 15) is 14.9 Å². The molecule has 0 bridgehead atoms. The van der Waals surface area contributed by atoms with Crippen LogP contribution in [0.3, 0.4) is 0 Å². The van der Waals surface area contributed by atoms with E-state index >= 15 is 0 Å². The van der Waals surface area contributed by atoms with Crippen molar-refractivity contribution in [3.63, 3.8) is 0 Å². The van der Waals surface area contributed by atoms with E-state index in [-0.39, 0.29) is 35.4 Å². The zero-order valence-electron chi connectivity index (χ0n) is 14.8. The van der Waals surface area contributed by atoms with Gasteiger partial charge in [0.1, 0.15) is 11.6 Å². The van der Waals surface area contributed by atoms with Crippen LogP contribution in [0.1, 0.15) is 16.3 Å². The molecule has 0 radical (unpaired) electrons. The summed E-state index contributed by atoms with van der Waals surface area (Å²) in [6.07, 6.45) is 0.139. The number of hydrogen-bond acceptors (Lipinski definition) is 6. The average molecular weight is 418 g/mol. The van der Waals surface area contributed by atoms with E-state index in [1.165, 1.54) is 29.5 Å². The highest BCUT2D eigenvalue weighted by atomic mass is 35.5. The summed E-state index contributed by atoms with van der Waals surface area (Å²) >= 11 is 7.12. The predicted octanol–water partition coefficient (Wildman–Crippen LogP) is 4.77. The summed E-state index contributed by atoms with van der Waals surface area (Å²) in [6.45, 7) is 1.97. The quantitative estimate of drug-likeness (QED) is 0.441. The fourth-order valence-corrected chi connectivity index (χ4v) is 3.39. The number of ether oxygens (including phenoxy) is 1. The van der Waals surface area contributed by atoms with E-state index in [2.05, 4.69) is 10.3 Å². The second-order valence-electron chi connectivity index (χ2n) is 5.93. The lowest BCUT2D eigenvalue weighted by molar-refractivity contribution is -0.385. The highest BCUT2D eigenvalue weighted by Gasteiger charge is 2.16. The fourth-order valence-electron chi connectivity index (χ4n) is 2.45. The molecule has 2 aromatic carbocycles. The Labute approximate surface area is 170 Å². The van der Waals surface area contributed by atoms with Crippen LogP contribution in [0.15, 0.2) is 47.8 Å². The van der Waals surface area contributed by atoms with Crippen molar-refractivity contribution in [2.24, 2.45) is 0 Å². The zero-order valence-corrected chi connectivity index (χ0v) is 16.4. The molecule has 3 rings (SSSR count). The molecule has 0 atom stereocenters. The van der Waals surface area contributed by atoms with Gasteiger partial charge < -0.3 is 10.1 Å². The lowest BCUT2D eigenvalue weighted by Gasteiger charge is -2.07. The minimum atomic E-state index is -0.552. The topological polar surface area (TPSA) is 94.4 Å². The van der Waals surface area contributed by atoms with E-state index in [4.69, 9.17) is 16.3 Å². The first kappa shape index (κ1) is 19.8. The number of carbonyl (C=O) groups excluding carboxylic acids is 1. The lowest BCUT2D eigenvalue weighted by Crippen LogP contribution is -2.15. The normalized spacial score (nSPS) is 10.5. The van der Waals surface area contributed by atoms with Crippen LogP contribution in [0.4, 0.5) is 11.4 Å². The van der Waals surface area contributed by atoms with Gasteiger partial charge in [-0.2, -0.15) is 0 Å². The number of nitro benzene ring substituents is 1. The van der Waals surface area contributed by atoms with Crippen molar-refractivity contribution < 1.29 is 14.5 Å². The molecular formula is C19H16ClN3O4S. The summed E-state index contributed by atoms with van der Waals surface area (Å²) in [5, 5.41) is 16.6. The molecule has 0 spiro atoms. The molecule has 0 aliphatic heterocycles. The summed E-state index contributed by atoms with van der Waals surface area (Å²) in [7, 11) is 0. The highest BCUT2D eigenvalue weighted by molar-refractivity contribution is 7.09. The van der Waals surface area contributed by atoms with Gasteiger partial charge in [-0.15, -0.1) is 11.3 Å². The van der Waals surface area contributed by atoms with Gasteiger partial charge in [-0.1, -0.05) is 29.8 Å². The number of hydrogen-bond donors (Lipinski definition) is 1. The Morgan fingerprint density at radius 2 is 2.11 bits per heavy atom. The van der Waals surface area contributed by atoms with E-state index < -0.39 is 4.92 Å². The van der Waals surface area contributed by atoms with Gasteiger partial charge >= 0.3 is 5.69 Å². The fraction of sp³-hybridized carbons (Fsp3) is 0.158. The first-order chi connectivity index (χ1) is 13.4. The van der Waals surface area contributed by atoms with Crippen LogP contribution in [-0.2, 0) is 17.8 Å². The number of thiazole rings is 1. The Morgan fingerprint density at radius 1 is 1.32 bits per heavy atom. The van der Waals surface area contributed by atoms with Gasteiger partial charge in [-0.25, -0.2) is 4.98 Å². The Kier molecular flexibility index (Phi) is 6.23. The molecule has 9 heteroatoms. The van der Waals surface area contributed by atoms with Gasteiger partial charge in [0.05, 0.1) is 17.0 Å². The molecule has 144 valence electrons. The van der Waals surface area contributed by atoms with Crippen molar-refractivity contribution in [3.05, 3.63) is 79.2 Å². The molecule has 1 heterocycles. The van der Waals surface area contributed by atoms with Crippen LogP contribution in [0, 0.1) is 17.0 Å². The number of carbonyl (C=O) groups is 1. The third-order valence-electron chi connectivity index (χ3n) is 3.82. The first-order valence-electron chi connectivity index (χ1n) is 8.28. The molecule has 3 aromatic rings. The van der Waals surface area contributed by atoms with Crippen molar-refractivity contribution in [1.82, 2.24) is 4.98 Å². The number of nitro groups is 1. The van der Waals surface area contributed by atoms with Gasteiger partial charge in [0.25, 0.3) is 0 Å². The zero-order chi connectivity index (χ0) is 20.1. The molecule has 7 nitrogen and oxygen atoms in total. The molecule has 28 heavy (non-hydrogen) atoms. The lowest BCUT2D eigenvalue weighted by atomic mass is 10.2. The number of halogens is 1. The standard InChI is InChI=1S/C19H16ClN3O4S/c1-12-4-2-3-5-15(12)22-18(24)9-19-21-14(11-28-19)10-27-17-7-6-13(20)8-16(17)23(25)26/h2-8,11H,9-10H2,1H3,(H,22,24). The van der Waals surface area contributed by atoms with Crippen molar-refractivity contribution in [2.75, 3.05) is 5.32 Å². The average Bonchev–Trinajstić information content (AvgIpc) is 3.09. The molecule has 1 aromatic heterocycles. The number of anilines is 1. The van der Waals surface area contributed by atoms with Gasteiger partial charge in [-0.3, -0.25) is 14.9 Å². The van der Waals surface area contributed by atoms with Gasteiger partial charge in [0.2, 0.25) is 5.91 Å². The number of aromatic nitrogens is 1. The summed E-state index contributed by atoms with van der Waals surface area (Å²) in [5.41, 5.74) is 2.13. The Hall–Kier alpha value is -2.97. The Morgan fingerprint density at radius 3 is 2.86 bits per heavy atom. The smallest absolute Gasteiger partial charge is 0.312 e. The van der Waals surface area contributed by atoms with Crippen LogP contribution in [0.25, 0.3) is 0 Å². The van der Waals surface area contributed by atoms with Gasteiger partial charge in [0.15, 0.2) is 5.75 Å². The molecule has 0 unspecified atom stereocenters. The van der Waals surface area contributed by atoms with E-state index in [1.807, 2.05) is 31.2 Å². The minimum Gasteiger partial charge on any atom is -0.480 e. The number of benzene rings is 2. The molecule has 0 saturated carbocycles. The van der Waals surface area contributed by atoms with Crippen LogP contribution >= 0.6 is 22.9 Å². The van der Waals surface area contributed by atoms with Crippen LogP contribution in [-0.4, -0.2) is 15.8 Å². The number of nitrogens with zero attached hydrogens (tertiary/aromatic N) is 2. The molecule has 0 aliphatic carbocycles. The third-order valence-corrected chi connectivity index (χ3v) is 4.96. The second-order valence-corrected chi connectivity index (χ2v) is 7.31. The summed E-state index contributed by atoms with van der Waals surface area (Å²) in [4.78, 5) is 27.1. The molecule has 1 N–H and O–H groups in total. The van der Waals surface area contributed by atoms with Crippen molar-refractivity contribution in [3.8, 4) is 5.75 Å². The molecule has 0 fully saturated rings. The first-order valence-corrected chi connectivity index (χ1v) is 9.53. The van der Waals surface area contributed by atoms with Crippen molar-refractivity contribution in [2.45, 2.75) is 20.0 Å². The Bertz CT molecular complexity index is 1020. The third kappa shape index (κ3) is 5.05.